The van der Waals surface area contributed by atoms with Crippen molar-refractivity contribution in [2.24, 2.45) is 0 Å². The first kappa shape index (κ1) is 21.0. The maximum absolute atomic E-state index is 13.3. The number of hydrogen-bond donors (Lipinski definition) is 2. The largest absolute Gasteiger partial charge is 0.478 e. The molecule has 6 nitrogen and oxygen atoms in total. The Labute approximate surface area is 155 Å². The van der Waals surface area contributed by atoms with Gasteiger partial charge in [0.2, 0.25) is 0 Å². The predicted molar refractivity (Wildman–Crippen MR) is 91.5 cm³/mol. The van der Waals surface area contributed by atoms with E-state index in [9.17, 15) is 22.8 Å². The second-order valence-corrected chi connectivity index (χ2v) is 7.54. The maximum Gasteiger partial charge on any atom is 0.416 e. The van der Waals surface area contributed by atoms with Crippen molar-refractivity contribution < 1.29 is 32.6 Å². The summed E-state index contributed by atoms with van der Waals surface area (Å²) in [6.45, 7) is 6.14. The third-order valence-electron chi connectivity index (χ3n) is 4.05. The van der Waals surface area contributed by atoms with Gasteiger partial charge in [0, 0.05) is 25.7 Å². The van der Waals surface area contributed by atoms with Crippen molar-refractivity contribution >= 4 is 12.1 Å². The summed E-state index contributed by atoms with van der Waals surface area (Å²) in [6.07, 6.45) is -4.61. The van der Waals surface area contributed by atoms with Crippen LogP contribution in [-0.2, 0) is 17.5 Å². The normalized spacial score (nSPS) is 18.4. The summed E-state index contributed by atoms with van der Waals surface area (Å²) in [6, 6.07) is 2.80. The van der Waals surface area contributed by atoms with Crippen LogP contribution in [0.4, 0.5) is 18.0 Å². The number of nitrogens with zero attached hydrogens (tertiary/aromatic N) is 1. The van der Waals surface area contributed by atoms with Gasteiger partial charge in [-0.1, -0.05) is 6.07 Å². The molecule has 1 aromatic rings. The number of ether oxygens (including phenoxy) is 1. The number of carboxylic acids is 1. The summed E-state index contributed by atoms with van der Waals surface area (Å²) in [5.41, 5.74) is -1.98. The second-order valence-electron chi connectivity index (χ2n) is 7.54. The van der Waals surface area contributed by atoms with Crippen LogP contribution in [0.25, 0.3) is 0 Å². The summed E-state index contributed by atoms with van der Waals surface area (Å²) < 4.78 is 45.0. The number of alkyl carbamates (subject to hydrolysis) is 1. The van der Waals surface area contributed by atoms with Crippen LogP contribution in [0.5, 0.6) is 0 Å². The lowest BCUT2D eigenvalue weighted by Gasteiger charge is -2.22. The number of rotatable bonds is 4. The molecule has 1 aliphatic rings. The number of halogens is 3. The Balaban J connectivity index is 2.04. The Morgan fingerprint density at radius 2 is 1.96 bits per heavy atom. The molecule has 27 heavy (non-hydrogen) atoms. The molecule has 0 spiro atoms. The highest BCUT2D eigenvalue weighted by Crippen LogP contribution is 2.33. The van der Waals surface area contributed by atoms with Gasteiger partial charge in [-0.3, -0.25) is 4.90 Å². The quantitative estimate of drug-likeness (QED) is 0.825. The number of alkyl halides is 3. The molecule has 0 aliphatic carbocycles. The van der Waals surface area contributed by atoms with E-state index in [1.807, 2.05) is 0 Å². The number of likely N-dealkylation sites (tertiary alicyclic amines) is 1. The van der Waals surface area contributed by atoms with Crippen LogP contribution in [0.3, 0.4) is 0 Å². The third kappa shape index (κ3) is 6.13. The SMILES string of the molecule is CC(C)(C)OC(=O)N[C@@H]1CCN(Cc2ccc(C(=O)O)cc2C(F)(F)F)C1. The Morgan fingerprint density at radius 3 is 2.52 bits per heavy atom. The van der Waals surface area contributed by atoms with E-state index in [4.69, 9.17) is 9.84 Å². The zero-order valence-electron chi connectivity index (χ0n) is 15.4. The zero-order chi connectivity index (χ0) is 20.4. The molecule has 0 bridgehead atoms. The standard InChI is InChI=1S/C18H23F3N2O4/c1-17(2,3)27-16(26)22-13-6-7-23(10-13)9-12-5-4-11(15(24)25)8-14(12)18(19,20)21/h4-5,8,13H,6-7,9-10H2,1-3H3,(H,22,26)(H,24,25)/t13-/m1/s1. The maximum atomic E-state index is 13.3. The molecule has 0 saturated carbocycles. The number of amides is 1. The first-order chi connectivity index (χ1) is 12.3. The van der Waals surface area contributed by atoms with E-state index < -0.39 is 35.0 Å². The summed E-state index contributed by atoms with van der Waals surface area (Å²) in [5, 5.41) is 11.6. The van der Waals surface area contributed by atoms with E-state index in [-0.39, 0.29) is 18.2 Å². The summed E-state index contributed by atoms with van der Waals surface area (Å²) >= 11 is 0. The molecule has 150 valence electrons. The minimum absolute atomic E-state index is 0.00502. The molecule has 0 radical (unpaired) electrons. The van der Waals surface area contributed by atoms with Gasteiger partial charge >= 0.3 is 18.2 Å². The molecule has 0 unspecified atom stereocenters. The molecule has 1 amide bonds. The van der Waals surface area contributed by atoms with Gasteiger partial charge < -0.3 is 15.2 Å². The molecule has 1 saturated heterocycles. The van der Waals surface area contributed by atoms with Gasteiger partial charge in [0.25, 0.3) is 0 Å². The van der Waals surface area contributed by atoms with Gasteiger partial charge in [-0.05, 0) is 44.9 Å². The highest BCUT2D eigenvalue weighted by molar-refractivity contribution is 5.88. The average Bonchev–Trinajstić information content (AvgIpc) is 2.91. The lowest BCUT2D eigenvalue weighted by molar-refractivity contribution is -0.138. The molecule has 1 heterocycles. The van der Waals surface area contributed by atoms with Gasteiger partial charge in [-0.15, -0.1) is 0 Å². The van der Waals surface area contributed by atoms with E-state index in [2.05, 4.69) is 5.32 Å². The fourth-order valence-corrected chi connectivity index (χ4v) is 2.92. The van der Waals surface area contributed by atoms with E-state index >= 15 is 0 Å². The van der Waals surface area contributed by atoms with Crippen molar-refractivity contribution in [3.63, 3.8) is 0 Å². The van der Waals surface area contributed by atoms with E-state index in [1.54, 1.807) is 25.7 Å². The number of carbonyl (C=O) groups is 2. The van der Waals surface area contributed by atoms with Crippen molar-refractivity contribution in [3.05, 3.63) is 34.9 Å². The number of carboxylic acid groups (broad SMARTS) is 1. The predicted octanol–water partition coefficient (Wildman–Crippen LogP) is 3.50. The number of nitrogens with one attached hydrogen (secondary N) is 1. The van der Waals surface area contributed by atoms with Crippen molar-refractivity contribution in [2.45, 2.75) is 51.6 Å². The number of carbonyl (C=O) groups excluding carboxylic acids is 1. The van der Waals surface area contributed by atoms with Gasteiger partial charge in [-0.25, -0.2) is 9.59 Å². The summed E-state index contributed by atoms with van der Waals surface area (Å²) in [7, 11) is 0. The molecule has 1 aromatic carbocycles. The summed E-state index contributed by atoms with van der Waals surface area (Å²) in [4.78, 5) is 24.5. The second kappa shape index (κ2) is 7.75. The molecule has 2 N–H and O–H groups in total. The Hall–Kier alpha value is -2.29. The van der Waals surface area contributed by atoms with Crippen LogP contribution in [0.15, 0.2) is 18.2 Å². The third-order valence-corrected chi connectivity index (χ3v) is 4.05. The lowest BCUT2D eigenvalue weighted by atomic mass is 10.0. The lowest BCUT2D eigenvalue weighted by Crippen LogP contribution is -2.40. The Bertz CT molecular complexity index is 714. The molecule has 9 heteroatoms. The highest BCUT2D eigenvalue weighted by Gasteiger charge is 2.35. The van der Waals surface area contributed by atoms with Gasteiger partial charge in [0.1, 0.15) is 5.60 Å². The van der Waals surface area contributed by atoms with Crippen molar-refractivity contribution in [1.29, 1.82) is 0 Å². The van der Waals surface area contributed by atoms with Gasteiger partial charge in [0.05, 0.1) is 11.1 Å². The fourth-order valence-electron chi connectivity index (χ4n) is 2.92. The van der Waals surface area contributed by atoms with E-state index in [0.717, 1.165) is 0 Å². The summed E-state index contributed by atoms with van der Waals surface area (Å²) in [5.74, 6) is -1.41. The molecule has 0 aromatic heterocycles. The van der Waals surface area contributed by atoms with E-state index in [1.165, 1.54) is 12.1 Å². The van der Waals surface area contributed by atoms with E-state index in [0.29, 0.717) is 25.6 Å². The minimum atomic E-state index is -4.64. The number of aromatic carboxylic acids is 1. The van der Waals surface area contributed by atoms with Crippen molar-refractivity contribution in [1.82, 2.24) is 10.2 Å². The average molecular weight is 388 g/mol. The van der Waals surface area contributed by atoms with Crippen LogP contribution in [0.2, 0.25) is 0 Å². The molecule has 1 fully saturated rings. The van der Waals surface area contributed by atoms with Crippen LogP contribution in [0.1, 0.15) is 48.7 Å². The van der Waals surface area contributed by atoms with Gasteiger partial charge in [-0.2, -0.15) is 13.2 Å². The molecule has 1 aliphatic heterocycles. The van der Waals surface area contributed by atoms with Crippen molar-refractivity contribution in [2.75, 3.05) is 13.1 Å². The smallest absolute Gasteiger partial charge is 0.416 e. The number of benzene rings is 1. The first-order valence-electron chi connectivity index (χ1n) is 8.50. The topological polar surface area (TPSA) is 78.9 Å². The molecular formula is C18H23F3N2O4. The molecule has 1 atom stereocenters. The Morgan fingerprint density at radius 1 is 1.30 bits per heavy atom. The first-order valence-corrected chi connectivity index (χ1v) is 8.50. The molecular weight excluding hydrogens is 365 g/mol. The fraction of sp³-hybridized carbons (Fsp3) is 0.556. The molecule has 2 rings (SSSR count). The monoisotopic (exact) mass is 388 g/mol. The van der Waals surface area contributed by atoms with Crippen molar-refractivity contribution in [3.8, 4) is 0 Å². The van der Waals surface area contributed by atoms with Crippen LogP contribution < -0.4 is 5.32 Å². The Kier molecular flexibility index (Phi) is 6.04. The zero-order valence-corrected chi connectivity index (χ0v) is 15.4. The highest BCUT2D eigenvalue weighted by atomic mass is 19.4. The van der Waals surface area contributed by atoms with Crippen LogP contribution >= 0.6 is 0 Å². The van der Waals surface area contributed by atoms with Gasteiger partial charge in [0.15, 0.2) is 0 Å². The van der Waals surface area contributed by atoms with Crippen LogP contribution in [0, 0.1) is 0 Å². The number of hydrogen-bond acceptors (Lipinski definition) is 4. The van der Waals surface area contributed by atoms with Crippen LogP contribution in [-0.4, -0.2) is 46.8 Å². The minimum Gasteiger partial charge on any atom is -0.478 e.